The molecular formula is C17H27ClN2O3. The first-order valence-electron chi connectivity index (χ1n) is 8.08. The summed E-state index contributed by atoms with van der Waals surface area (Å²) < 4.78 is 11.0. The Morgan fingerprint density at radius 2 is 1.87 bits per heavy atom. The standard InChI is InChI=1S/C17H26N2O3.ClH/c1-2-10-21-14-6-8-15(9-7-14)22-12-17(20)19-16-5-3-4-13(16)11-18;/h6-9,13,16H,2-5,10-12,18H2,1H3,(H,19,20);1H. The van der Waals surface area contributed by atoms with Gasteiger partial charge in [0.25, 0.3) is 5.91 Å². The molecule has 0 radical (unpaired) electrons. The summed E-state index contributed by atoms with van der Waals surface area (Å²) in [6, 6.07) is 7.53. The summed E-state index contributed by atoms with van der Waals surface area (Å²) in [6.45, 7) is 3.43. The number of rotatable bonds is 8. The van der Waals surface area contributed by atoms with Crippen LogP contribution in [0, 0.1) is 5.92 Å². The molecule has 0 aromatic heterocycles. The fourth-order valence-corrected chi connectivity index (χ4v) is 2.76. The number of nitrogens with two attached hydrogens (primary N) is 1. The number of carbonyl (C=O) groups excluding carboxylic acids is 1. The van der Waals surface area contributed by atoms with Crippen LogP contribution in [0.5, 0.6) is 11.5 Å². The van der Waals surface area contributed by atoms with Crippen molar-refractivity contribution in [2.45, 2.75) is 38.6 Å². The molecule has 0 saturated heterocycles. The molecule has 1 fully saturated rings. The zero-order valence-corrected chi connectivity index (χ0v) is 14.4. The van der Waals surface area contributed by atoms with Crippen molar-refractivity contribution in [3.8, 4) is 11.5 Å². The molecule has 0 spiro atoms. The van der Waals surface area contributed by atoms with E-state index in [1.807, 2.05) is 24.3 Å². The average molecular weight is 343 g/mol. The highest BCUT2D eigenvalue weighted by molar-refractivity contribution is 5.85. The third-order valence-corrected chi connectivity index (χ3v) is 3.97. The summed E-state index contributed by atoms with van der Waals surface area (Å²) in [6.07, 6.45) is 4.22. The minimum atomic E-state index is -0.0864. The van der Waals surface area contributed by atoms with Crippen LogP contribution < -0.4 is 20.5 Å². The molecule has 1 saturated carbocycles. The summed E-state index contributed by atoms with van der Waals surface area (Å²) in [7, 11) is 0. The van der Waals surface area contributed by atoms with Gasteiger partial charge in [-0.05, 0) is 56.0 Å². The lowest BCUT2D eigenvalue weighted by molar-refractivity contribution is -0.124. The molecule has 1 aromatic carbocycles. The lowest BCUT2D eigenvalue weighted by atomic mass is 10.0. The van der Waals surface area contributed by atoms with Crippen LogP contribution in [-0.2, 0) is 4.79 Å². The molecule has 1 aliphatic rings. The van der Waals surface area contributed by atoms with E-state index >= 15 is 0 Å². The summed E-state index contributed by atoms with van der Waals surface area (Å²) in [4.78, 5) is 11.9. The van der Waals surface area contributed by atoms with E-state index in [0.717, 1.165) is 31.4 Å². The fourth-order valence-electron chi connectivity index (χ4n) is 2.76. The number of ether oxygens (including phenoxy) is 2. The number of hydrogen-bond donors (Lipinski definition) is 2. The van der Waals surface area contributed by atoms with Crippen LogP contribution in [0.4, 0.5) is 0 Å². The first-order chi connectivity index (χ1) is 10.7. The SMILES string of the molecule is CCCOc1ccc(OCC(=O)NC2CCCC2CN)cc1.Cl. The largest absolute Gasteiger partial charge is 0.494 e. The van der Waals surface area contributed by atoms with Crippen molar-refractivity contribution in [2.75, 3.05) is 19.8 Å². The van der Waals surface area contributed by atoms with Gasteiger partial charge in [-0.15, -0.1) is 12.4 Å². The van der Waals surface area contributed by atoms with E-state index in [9.17, 15) is 4.79 Å². The van der Waals surface area contributed by atoms with E-state index in [1.54, 1.807) is 0 Å². The molecule has 5 nitrogen and oxygen atoms in total. The van der Waals surface area contributed by atoms with Crippen molar-refractivity contribution < 1.29 is 14.3 Å². The van der Waals surface area contributed by atoms with Gasteiger partial charge in [-0.25, -0.2) is 0 Å². The molecule has 2 atom stereocenters. The second-order valence-electron chi connectivity index (χ2n) is 5.71. The predicted molar refractivity (Wildman–Crippen MR) is 93.3 cm³/mol. The summed E-state index contributed by atoms with van der Waals surface area (Å²) in [5.41, 5.74) is 5.72. The van der Waals surface area contributed by atoms with Gasteiger partial charge in [-0.1, -0.05) is 13.3 Å². The number of hydrogen-bond acceptors (Lipinski definition) is 4. The minimum absolute atomic E-state index is 0. The highest BCUT2D eigenvalue weighted by Gasteiger charge is 2.27. The molecule has 130 valence electrons. The van der Waals surface area contributed by atoms with Crippen LogP contribution in [0.15, 0.2) is 24.3 Å². The van der Waals surface area contributed by atoms with Gasteiger partial charge in [0.1, 0.15) is 11.5 Å². The number of carbonyl (C=O) groups is 1. The average Bonchev–Trinajstić information content (AvgIpc) is 2.99. The van der Waals surface area contributed by atoms with Gasteiger partial charge < -0.3 is 20.5 Å². The van der Waals surface area contributed by atoms with Gasteiger partial charge in [0, 0.05) is 6.04 Å². The Bertz CT molecular complexity index is 467. The Hall–Kier alpha value is -1.46. The second-order valence-corrected chi connectivity index (χ2v) is 5.71. The van der Waals surface area contributed by atoms with Gasteiger partial charge >= 0.3 is 0 Å². The summed E-state index contributed by atoms with van der Waals surface area (Å²) >= 11 is 0. The van der Waals surface area contributed by atoms with E-state index in [4.69, 9.17) is 15.2 Å². The predicted octanol–water partition coefficient (Wildman–Crippen LogP) is 2.52. The van der Waals surface area contributed by atoms with Gasteiger partial charge in [-0.2, -0.15) is 0 Å². The highest BCUT2D eigenvalue weighted by Crippen LogP contribution is 2.24. The maximum absolute atomic E-state index is 11.9. The van der Waals surface area contributed by atoms with Crippen molar-refractivity contribution in [1.29, 1.82) is 0 Å². The Balaban J connectivity index is 0.00000264. The molecule has 23 heavy (non-hydrogen) atoms. The number of benzene rings is 1. The van der Waals surface area contributed by atoms with E-state index in [0.29, 0.717) is 24.8 Å². The normalized spacial score (nSPS) is 19.7. The van der Waals surface area contributed by atoms with Gasteiger partial charge in [0.2, 0.25) is 0 Å². The third kappa shape index (κ3) is 6.28. The van der Waals surface area contributed by atoms with Crippen molar-refractivity contribution in [2.24, 2.45) is 11.7 Å². The molecule has 2 unspecified atom stereocenters. The first kappa shape index (κ1) is 19.6. The molecule has 1 aromatic rings. The zero-order valence-electron chi connectivity index (χ0n) is 13.6. The van der Waals surface area contributed by atoms with Gasteiger partial charge in [0.05, 0.1) is 6.61 Å². The quantitative estimate of drug-likeness (QED) is 0.761. The molecule has 2 rings (SSSR count). The summed E-state index contributed by atoms with van der Waals surface area (Å²) in [5, 5.41) is 3.02. The third-order valence-electron chi connectivity index (χ3n) is 3.97. The van der Waals surface area contributed by atoms with E-state index in [1.165, 1.54) is 0 Å². The summed E-state index contributed by atoms with van der Waals surface area (Å²) in [5.74, 6) is 1.80. The van der Waals surface area contributed by atoms with Crippen molar-refractivity contribution in [1.82, 2.24) is 5.32 Å². The van der Waals surface area contributed by atoms with Crippen molar-refractivity contribution in [3.63, 3.8) is 0 Å². The Morgan fingerprint density at radius 3 is 2.48 bits per heavy atom. The molecule has 0 aliphatic heterocycles. The number of amides is 1. The minimum Gasteiger partial charge on any atom is -0.494 e. The van der Waals surface area contributed by atoms with Crippen molar-refractivity contribution in [3.05, 3.63) is 24.3 Å². The Kier molecular flexibility index (Phi) is 8.81. The van der Waals surface area contributed by atoms with E-state index in [2.05, 4.69) is 12.2 Å². The van der Waals surface area contributed by atoms with Crippen LogP contribution in [0.3, 0.4) is 0 Å². The van der Waals surface area contributed by atoms with Crippen LogP contribution in [0.2, 0.25) is 0 Å². The molecule has 3 N–H and O–H groups in total. The van der Waals surface area contributed by atoms with Crippen LogP contribution >= 0.6 is 12.4 Å². The number of nitrogens with one attached hydrogen (secondary N) is 1. The maximum Gasteiger partial charge on any atom is 0.258 e. The van der Waals surface area contributed by atoms with Crippen LogP contribution in [0.1, 0.15) is 32.6 Å². The monoisotopic (exact) mass is 342 g/mol. The lowest BCUT2D eigenvalue weighted by Crippen LogP contribution is -2.42. The molecule has 6 heteroatoms. The van der Waals surface area contributed by atoms with Crippen molar-refractivity contribution >= 4 is 18.3 Å². The highest BCUT2D eigenvalue weighted by atomic mass is 35.5. The molecule has 1 aliphatic carbocycles. The molecule has 0 bridgehead atoms. The first-order valence-corrected chi connectivity index (χ1v) is 8.08. The lowest BCUT2D eigenvalue weighted by Gasteiger charge is -2.19. The van der Waals surface area contributed by atoms with Gasteiger partial charge in [-0.3, -0.25) is 4.79 Å². The molecule has 1 amide bonds. The van der Waals surface area contributed by atoms with E-state index in [-0.39, 0.29) is 31.0 Å². The molecule has 0 heterocycles. The smallest absolute Gasteiger partial charge is 0.258 e. The van der Waals surface area contributed by atoms with Crippen LogP contribution in [-0.4, -0.2) is 31.7 Å². The number of halogens is 1. The fraction of sp³-hybridized carbons (Fsp3) is 0.588. The van der Waals surface area contributed by atoms with Gasteiger partial charge in [0.15, 0.2) is 6.61 Å². The van der Waals surface area contributed by atoms with Crippen LogP contribution in [0.25, 0.3) is 0 Å². The topological polar surface area (TPSA) is 73.6 Å². The Morgan fingerprint density at radius 1 is 1.22 bits per heavy atom. The zero-order chi connectivity index (χ0) is 15.8. The maximum atomic E-state index is 11.9. The Labute approximate surface area is 144 Å². The molecular weight excluding hydrogens is 316 g/mol. The van der Waals surface area contributed by atoms with E-state index < -0.39 is 0 Å². The second kappa shape index (κ2) is 10.3.